The molecule has 1 heterocycles. The Balaban J connectivity index is 1.65. The molecule has 0 aromatic heterocycles. The maximum absolute atomic E-state index is 11.8. The monoisotopic (exact) mass is 340 g/mol. The van der Waals surface area contributed by atoms with Gasteiger partial charge in [0.25, 0.3) is 0 Å². The summed E-state index contributed by atoms with van der Waals surface area (Å²) in [6.07, 6.45) is 0. The highest BCUT2D eigenvalue weighted by atomic mass is 32.2. The molecule has 1 aliphatic rings. The second-order valence-corrected chi connectivity index (χ2v) is 7.46. The molecule has 0 fully saturated rings. The summed E-state index contributed by atoms with van der Waals surface area (Å²) in [7, 11) is 0. The van der Waals surface area contributed by atoms with Crippen LogP contribution in [0.3, 0.4) is 0 Å². The molecule has 0 spiro atoms. The lowest BCUT2D eigenvalue weighted by Crippen LogP contribution is -2.17. The van der Waals surface area contributed by atoms with Crippen molar-refractivity contribution in [2.24, 2.45) is 0 Å². The minimum Gasteiger partial charge on any atom is -0.510 e. The summed E-state index contributed by atoms with van der Waals surface area (Å²) in [5, 5.41) is 10.2. The number of hydrogen-bond acceptors (Lipinski definition) is 4. The lowest BCUT2D eigenvalue weighted by molar-refractivity contribution is -0.107. The highest BCUT2D eigenvalue weighted by Crippen LogP contribution is 2.49. The molecule has 1 aliphatic heterocycles. The number of hydrogen-bond donors (Lipinski definition) is 1. The van der Waals surface area contributed by atoms with E-state index in [1.165, 1.54) is 0 Å². The first kappa shape index (κ1) is 16.8. The van der Waals surface area contributed by atoms with Gasteiger partial charge in [0, 0.05) is 5.57 Å². The lowest BCUT2D eigenvalue weighted by atomic mass is 9.95. The van der Waals surface area contributed by atoms with Crippen molar-refractivity contribution < 1.29 is 14.6 Å². The molecule has 1 atom stereocenters. The SMILES string of the molecule is CC1=C(O)[C@](C)(c2ccc(COCc3ccccc3)cc2)SC1=O. The van der Waals surface area contributed by atoms with Crippen molar-refractivity contribution in [1.82, 2.24) is 0 Å². The van der Waals surface area contributed by atoms with Gasteiger partial charge in [-0.15, -0.1) is 0 Å². The molecule has 0 radical (unpaired) electrons. The largest absolute Gasteiger partial charge is 0.510 e. The predicted molar refractivity (Wildman–Crippen MR) is 96.7 cm³/mol. The number of benzene rings is 2. The van der Waals surface area contributed by atoms with Gasteiger partial charge in [0.1, 0.15) is 10.5 Å². The van der Waals surface area contributed by atoms with Gasteiger partial charge in [-0.2, -0.15) is 0 Å². The van der Waals surface area contributed by atoms with E-state index < -0.39 is 4.75 Å². The van der Waals surface area contributed by atoms with Crippen LogP contribution < -0.4 is 0 Å². The Hall–Kier alpha value is -2.04. The van der Waals surface area contributed by atoms with E-state index in [2.05, 4.69) is 0 Å². The molecule has 0 saturated carbocycles. The number of aliphatic hydroxyl groups is 1. The zero-order valence-electron chi connectivity index (χ0n) is 13.8. The van der Waals surface area contributed by atoms with Crippen LogP contribution in [0.15, 0.2) is 65.9 Å². The summed E-state index contributed by atoms with van der Waals surface area (Å²) in [5.41, 5.74) is 3.57. The minimum absolute atomic E-state index is 0.0646. The van der Waals surface area contributed by atoms with Crippen molar-refractivity contribution in [1.29, 1.82) is 0 Å². The molecule has 0 saturated heterocycles. The van der Waals surface area contributed by atoms with Crippen LogP contribution in [-0.4, -0.2) is 10.2 Å². The molecule has 0 aliphatic carbocycles. The number of aliphatic hydroxyl groups excluding tert-OH is 1. The van der Waals surface area contributed by atoms with E-state index in [4.69, 9.17) is 4.74 Å². The van der Waals surface area contributed by atoms with E-state index in [0.717, 1.165) is 28.5 Å². The zero-order chi connectivity index (χ0) is 17.2. The minimum atomic E-state index is -0.690. The van der Waals surface area contributed by atoms with E-state index >= 15 is 0 Å². The number of rotatable bonds is 5. The summed E-state index contributed by atoms with van der Waals surface area (Å²) in [5.74, 6) is 0.158. The van der Waals surface area contributed by atoms with Crippen LogP contribution in [0.2, 0.25) is 0 Å². The normalized spacial score (nSPS) is 20.7. The first-order valence-electron chi connectivity index (χ1n) is 7.85. The molecule has 3 rings (SSSR count). The van der Waals surface area contributed by atoms with Gasteiger partial charge in [0.05, 0.1) is 13.2 Å². The van der Waals surface area contributed by atoms with Gasteiger partial charge in [-0.1, -0.05) is 66.4 Å². The Bertz CT molecular complexity index is 765. The fraction of sp³-hybridized carbons (Fsp3) is 0.250. The number of carbonyl (C=O) groups is 1. The molecule has 24 heavy (non-hydrogen) atoms. The van der Waals surface area contributed by atoms with Crippen LogP contribution in [0.4, 0.5) is 0 Å². The molecule has 0 bridgehead atoms. The zero-order valence-corrected chi connectivity index (χ0v) is 14.6. The van der Waals surface area contributed by atoms with Crippen molar-refractivity contribution in [2.45, 2.75) is 31.8 Å². The Morgan fingerprint density at radius 1 is 1.00 bits per heavy atom. The van der Waals surface area contributed by atoms with Crippen molar-refractivity contribution in [3.8, 4) is 0 Å². The molecule has 0 amide bonds. The van der Waals surface area contributed by atoms with Gasteiger partial charge >= 0.3 is 0 Å². The first-order chi connectivity index (χ1) is 11.5. The summed E-state index contributed by atoms with van der Waals surface area (Å²) in [6, 6.07) is 17.9. The predicted octanol–water partition coefficient (Wildman–Crippen LogP) is 4.72. The molecule has 3 nitrogen and oxygen atoms in total. The second-order valence-electron chi connectivity index (χ2n) is 6.07. The molecule has 2 aromatic carbocycles. The third-order valence-electron chi connectivity index (χ3n) is 4.30. The Kier molecular flexibility index (Phi) is 4.78. The highest BCUT2D eigenvalue weighted by Gasteiger charge is 2.43. The third kappa shape index (κ3) is 3.25. The average Bonchev–Trinajstić information content (AvgIpc) is 2.80. The number of ether oxygens (including phenoxy) is 1. The summed E-state index contributed by atoms with van der Waals surface area (Å²) in [4.78, 5) is 11.8. The molecular formula is C20H20O3S. The van der Waals surface area contributed by atoms with E-state index in [1.54, 1.807) is 6.92 Å². The number of carbonyl (C=O) groups excluding carboxylic acids is 1. The Morgan fingerprint density at radius 3 is 2.12 bits per heavy atom. The fourth-order valence-corrected chi connectivity index (χ4v) is 3.86. The van der Waals surface area contributed by atoms with E-state index in [-0.39, 0.29) is 10.9 Å². The standard InChI is InChI=1S/C20H20O3S/c1-14-18(21)20(2,24-19(14)22)17-10-8-16(9-11-17)13-23-12-15-6-4-3-5-7-15/h3-11,21H,12-13H2,1-2H3/t20-/m0/s1. The fourth-order valence-electron chi connectivity index (χ4n) is 2.74. The average molecular weight is 340 g/mol. The smallest absolute Gasteiger partial charge is 0.219 e. The van der Waals surface area contributed by atoms with Crippen LogP contribution >= 0.6 is 11.8 Å². The maximum Gasteiger partial charge on any atom is 0.219 e. The van der Waals surface area contributed by atoms with Gasteiger partial charge in [-0.3, -0.25) is 4.79 Å². The van der Waals surface area contributed by atoms with Crippen molar-refractivity contribution in [2.75, 3.05) is 0 Å². The van der Waals surface area contributed by atoms with Crippen molar-refractivity contribution in [3.63, 3.8) is 0 Å². The van der Waals surface area contributed by atoms with Gasteiger partial charge in [0.15, 0.2) is 0 Å². The second kappa shape index (κ2) is 6.83. The van der Waals surface area contributed by atoms with Gasteiger partial charge in [0.2, 0.25) is 5.12 Å². The number of thioether (sulfide) groups is 1. The molecule has 2 aromatic rings. The Morgan fingerprint density at radius 2 is 1.58 bits per heavy atom. The van der Waals surface area contributed by atoms with Crippen LogP contribution in [0.5, 0.6) is 0 Å². The van der Waals surface area contributed by atoms with Crippen LogP contribution in [-0.2, 0) is 27.5 Å². The van der Waals surface area contributed by atoms with E-state index in [0.29, 0.717) is 18.8 Å². The van der Waals surface area contributed by atoms with Gasteiger partial charge in [-0.05, 0) is 30.5 Å². The summed E-state index contributed by atoms with van der Waals surface area (Å²) in [6.45, 7) is 4.65. The van der Waals surface area contributed by atoms with E-state index in [1.807, 2.05) is 61.5 Å². The van der Waals surface area contributed by atoms with Crippen molar-refractivity contribution >= 4 is 16.9 Å². The van der Waals surface area contributed by atoms with Crippen molar-refractivity contribution in [3.05, 3.63) is 82.6 Å². The molecule has 4 heteroatoms. The van der Waals surface area contributed by atoms with Gasteiger partial charge < -0.3 is 9.84 Å². The maximum atomic E-state index is 11.8. The van der Waals surface area contributed by atoms with Crippen LogP contribution in [0.1, 0.15) is 30.5 Å². The highest BCUT2D eigenvalue weighted by molar-refractivity contribution is 8.15. The molecular weight excluding hydrogens is 320 g/mol. The first-order valence-corrected chi connectivity index (χ1v) is 8.67. The third-order valence-corrected chi connectivity index (χ3v) is 5.62. The molecule has 124 valence electrons. The topological polar surface area (TPSA) is 46.5 Å². The summed E-state index contributed by atoms with van der Waals surface area (Å²) >= 11 is 1.16. The lowest BCUT2D eigenvalue weighted by Gasteiger charge is -2.23. The van der Waals surface area contributed by atoms with Crippen LogP contribution in [0, 0.1) is 0 Å². The molecule has 0 unspecified atom stereocenters. The molecule has 1 N–H and O–H groups in total. The van der Waals surface area contributed by atoms with Gasteiger partial charge in [-0.25, -0.2) is 0 Å². The Labute approximate surface area is 146 Å². The van der Waals surface area contributed by atoms with Crippen LogP contribution in [0.25, 0.3) is 0 Å². The summed E-state index contributed by atoms with van der Waals surface area (Å²) < 4.78 is 5.04. The quantitative estimate of drug-likeness (QED) is 0.855. The van der Waals surface area contributed by atoms with E-state index in [9.17, 15) is 9.90 Å².